The lowest BCUT2D eigenvalue weighted by Gasteiger charge is -2.09. The first-order chi connectivity index (χ1) is 11.9. The van der Waals surface area contributed by atoms with Gasteiger partial charge in [0, 0.05) is 11.4 Å². The molecule has 136 valence electrons. The summed E-state index contributed by atoms with van der Waals surface area (Å²) in [7, 11) is 0. The van der Waals surface area contributed by atoms with E-state index in [1.165, 1.54) is 11.3 Å². The van der Waals surface area contributed by atoms with Crippen LogP contribution in [0.4, 0.5) is 13.2 Å². The molecule has 0 bridgehead atoms. The van der Waals surface area contributed by atoms with Gasteiger partial charge in [0.1, 0.15) is 17.2 Å². The van der Waals surface area contributed by atoms with Crippen LogP contribution in [0.15, 0.2) is 36.4 Å². The highest BCUT2D eigenvalue weighted by Gasteiger charge is 2.27. The molecule has 0 aliphatic heterocycles. The summed E-state index contributed by atoms with van der Waals surface area (Å²) >= 11 is 1.27. The third kappa shape index (κ3) is 6.06. The van der Waals surface area contributed by atoms with Crippen LogP contribution in [0.3, 0.4) is 0 Å². The second-order valence-electron chi connectivity index (χ2n) is 5.03. The number of amides is 1. The second-order valence-corrected chi connectivity index (χ2v) is 6.08. The Labute approximate surface area is 147 Å². The first kappa shape index (κ1) is 19.3. The monoisotopic (exact) mass is 373 g/mol. The van der Waals surface area contributed by atoms with Gasteiger partial charge in [-0.05, 0) is 18.6 Å². The van der Waals surface area contributed by atoms with Crippen molar-refractivity contribution in [3.05, 3.63) is 41.3 Å². The number of carbonyl (C=O) groups is 1. The molecular formula is C17H18F3NO3S. The Bertz CT molecular complexity index is 686. The molecule has 1 aromatic heterocycles. The summed E-state index contributed by atoms with van der Waals surface area (Å²) in [6.45, 7) is 0.655. The molecule has 0 saturated carbocycles. The number of halogens is 3. The Balaban J connectivity index is 1.99. The van der Waals surface area contributed by atoms with E-state index >= 15 is 0 Å². The minimum atomic E-state index is -4.37. The number of nitrogens with one attached hydrogen (secondary N) is 1. The van der Waals surface area contributed by atoms with E-state index in [4.69, 9.17) is 4.74 Å². The van der Waals surface area contributed by atoms with E-state index in [2.05, 4.69) is 10.1 Å². The van der Waals surface area contributed by atoms with Crippen LogP contribution in [0.5, 0.6) is 5.75 Å². The molecule has 1 aromatic carbocycles. The second kappa shape index (κ2) is 8.87. The van der Waals surface area contributed by atoms with Crippen molar-refractivity contribution in [1.29, 1.82) is 0 Å². The minimum Gasteiger partial charge on any atom is -0.492 e. The zero-order valence-corrected chi connectivity index (χ0v) is 14.4. The largest absolute Gasteiger partial charge is 0.492 e. The van der Waals surface area contributed by atoms with E-state index in [9.17, 15) is 18.0 Å². The Hall–Kier alpha value is -2.06. The van der Waals surface area contributed by atoms with Crippen LogP contribution in [-0.2, 0) is 4.74 Å². The molecular weight excluding hydrogens is 355 g/mol. The van der Waals surface area contributed by atoms with Crippen LogP contribution < -0.4 is 10.1 Å². The molecule has 25 heavy (non-hydrogen) atoms. The predicted octanol–water partition coefficient (Wildman–Crippen LogP) is 4.12. The zero-order chi connectivity index (χ0) is 18.3. The molecule has 8 heteroatoms. The SMILES string of the molecule is CCOc1cc(-c2ccccc2)sc1C(=O)NCCOCC(F)(F)F. The molecule has 0 atom stereocenters. The highest BCUT2D eigenvalue weighted by molar-refractivity contribution is 7.17. The lowest BCUT2D eigenvalue weighted by Crippen LogP contribution is -2.28. The summed E-state index contributed by atoms with van der Waals surface area (Å²) in [5.41, 5.74) is 0.959. The normalized spacial score (nSPS) is 11.4. The van der Waals surface area contributed by atoms with E-state index < -0.39 is 18.7 Å². The molecule has 2 rings (SSSR count). The van der Waals surface area contributed by atoms with Crippen molar-refractivity contribution in [2.24, 2.45) is 0 Å². The van der Waals surface area contributed by atoms with Gasteiger partial charge in [-0.2, -0.15) is 13.2 Å². The van der Waals surface area contributed by atoms with Crippen molar-refractivity contribution in [2.75, 3.05) is 26.4 Å². The van der Waals surface area contributed by atoms with Crippen LogP contribution in [0, 0.1) is 0 Å². The van der Waals surface area contributed by atoms with Crippen molar-refractivity contribution in [3.8, 4) is 16.2 Å². The fourth-order valence-corrected chi connectivity index (χ4v) is 3.07. The van der Waals surface area contributed by atoms with Crippen LogP contribution in [0.1, 0.15) is 16.6 Å². The van der Waals surface area contributed by atoms with E-state index in [0.29, 0.717) is 17.2 Å². The van der Waals surface area contributed by atoms with Gasteiger partial charge in [-0.25, -0.2) is 0 Å². The summed E-state index contributed by atoms with van der Waals surface area (Å²) in [6, 6.07) is 11.3. The van der Waals surface area contributed by atoms with Gasteiger partial charge in [0.25, 0.3) is 5.91 Å². The molecule has 0 fully saturated rings. The number of hydrogen-bond acceptors (Lipinski definition) is 4. The molecule has 0 radical (unpaired) electrons. The Morgan fingerprint density at radius 1 is 1.24 bits per heavy atom. The topological polar surface area (TPSA) is 47.6 Å². The highest BCUT2D eigenvalue weighted by Crippen LogP contribution is 2.36. The highest BCUT2D eigenvalue weighted by atomic mass is 32.1. The maximum atomic E-state index is 12.3. The molecule has 0 unspecified atom stereocenters. The van der Waals surface area contributed by atoms with E-state index in [0.717, 1.165) is 10.4 Å². The fraction of sp³-hybridized carbons (Fsp3) is 0.353. The van der Waals surface area contributed by atoms with Crippen LogP contribution >= 0.6 is 11.3 Å². The first-order valence-corrected chi connectivity index (χ1v) is 8.47. The number of benzene rings is 1. The van der Waals surface area contributed by atoms with Gasteiger partial charge in [0.05, 0.1) is 13.2 Å². The van der Waals surface area contributed by atoms with Crippen LogP contribution in [0.2, 0.25) is 0 Å². The summed E-state index contributed by atoms with van der Waals surface area (Å²) in [5.74, 6) is 0.0614. The number of rotatable bonds is 8. The maximum absolute atomic E-state index is 12.3. The molecule has 1 heterocycles. The predicted molar refractivity (Wildman–Crippen MR) is 90.1 cm³/mol. The molecule has 1 amide bonds. The molecule has 2 aromatic rings. The van der Waals surface area contributed by atoms with Gasteiger partial charge >= 0.3 is 6.18 Å². The van der Waals surface area contributed by atoms with Gasteiger partial charge in [-0.3, -0.25) is 4.79 Å². The average molecular weight is 373 g/mol. The molecule has 1 N–H and O–H groups in total. The van der Waals surface area contributed by atoms with E-state index in [-0.39, 0.29) is 13.2 Å². The Morgan fingerprint density at radius 2 is 1.96 bits per heavy atom. The van der Waals surface area contributed by atoms with Gasteiger partial charge in [-0.1, -0.05) is 30.3 Å². The van der Waals surface area contributed by atoms with Crippen molar-refractivity contribution >= 4 is 17.2 Å². The third-order valence-corrected chi connectivity index (χ3v) is 4.22. The molecule has 0 saturated heterocycles. The maximum Gasteiger partial charge on any atom is 0.411 e. The molecule has 0 aliphatic carbocycles. The number of hydrogen-bond donors (Lipinski definition) is 1. The smallest absolute Gasteiger partial charge is 0.411 e. The first-order valence-electron chi connectivity index (χ1n) is 7.65. The van der Waals surface area contributed by atoms with Crippen molar-refractivity contribution < 1.29 is 27.4 Å². The Kier molecular flexibility index (Phi) is 6.83. The number of alkyl halides is 3. The number of ether oxygens (including phenoxy) is 2. The van der Waals surface area contributed by atoms with Crippen LogP contribution in [0.25, 0.3) is 10.4 Å². The number of thiophene rings is 1. The lowest BCUT2D eigenvalue weighted by atomic mass is 10.2. The van der Waals surface area contributed by atoms with Gasteiger partial charge in [0.15, 0.2) is 0 Å². The zero-order valence-electron chi connectivity index (χ0n) is 13.6. The molecule has 4 nitrogen and oxygen atoms in total. The van der Waals surface area contributed by atoms with Gasteiger partial charge in [-0.15, -0.1) is 11.3 Å². The summed E-state index contributed by atoms with van der Waals surface area (Å²) in [6.07, 6.45) is -4.37. The van der Waals surface area contributed by atoms with E-state index in [1.54, 1.807) is 6.07 Å². The fourth-order valence-electron chi connectivity index (χ4n) is 2.04. The summed E-state index contributed by atoms with van der Waals surface area (Å²) in [4.78, 5) is 13.5. The molecule has 0 aliphatic rings. The van der Waals surface area contributed by atoms with Gasteiger partial charge < -0.3 is 14.8 Å². The Morgan fingerprint density at radius 3 is 2.60 bits per heavy atom. The standard InChI is InChI=1S/C17H18F3NO3S/c1-2-24-13-10-14(12-6-4-3-5-7-12)25-15(13)16(22)21-8-9-23-11-17(18,19)20/h3-7,10H,2,8-9,11H2,1H3,(H,21,22). The van der Waals surface area contributed by atoms with Crippen molar-refractivity contribution in [2.45, 2.75) is 13.1 Å². The minimum absolute atomic E-state index is 0.0148. The average Bonchev–Trinajstić information content (AvgIpc) is 2.98. The quantitative estimate of drug-likeness (QED) is 0.708. The summed E-state index contributed by atoms with van der Waals surface area (Å²) < 4.78 is 45.9. The van der Waals surface area contributed by atoms with Gasteiger partial charge in [0.2, 0.25) is 0 Å². The number of carbonyl (C=O) groups excluding carboxylic acids is 1. The third-order valence-electron chi connectivity index (χ3n) is 3.06. The lowest BCUT2D eigenvalue weighted by molar-refractivity contribution is -0.173. The van der Waals surface area contributed by atoms with E-state index in [1.807, 2.05) is 37.3 Å². The van der Waals surface area contributed by atoms with Crippen molar-refractivity contribution in [3.63, 3.8) is 0 Å². The van der Waals surface area contributed by atoms with Crippen molar-refractivity contribution in [1.82, 2.24) is 5.32 Å². The molecule has 0 spiro atoms. The summed E-state index contributed by atoms with van der Waals surface area (Å²) in [5, 5.41) is 2.55. The van der Waals surface area contributed by atoms with Crippen LogP contribution in [-0.4, -0.2) is 38.4 Å².